The number of rotatable bonds is 5. The van der Waals surface area contributed by atoms with Crippen molar-refractivity contribution in [2.75, 3.05) is 47.4 Å². The van der Waals surface area contributed by atoms with E-state index in [0.717, 1.165) is 62.3 Å². The van der Waals surface area contributed by atoms with Gasteiger partial charge in [-0.1, -0.05) is 19.6 Å². The number of pyridine rings is 1. The van der Waals surface area contributed by atoms with Crippen LogP contribution in [0.25, 0.3) is 5.57 Å². The van der Waals surface area contributed by atoms with Gasteiger partial charge in [-0.25, -0.2) is 0 Å². The molecule has 0 aliphatic carbocycles. The first kappa shape index (κ1) is 22.5. The number of piperidine rings is 2. The highest BCUT2D eigenvalue weighted by Gasteiger charge is 2.32. The molecule has 6 nitrogen and oxygen atoms in total. The Hall–Kier alpha value is -2.21. The first-order valence-corrected chi connectivity index (χ1v) is 11.0. The molecule has 0 saturated carbocycles. The predicted octanol–water partition coefficient (Wildman–Crippen LogP) is 3.33. The van der Waals surface area contributed by atoms with Crippen molar-refractivity contribution in [3.8, 4) is 0 Å². The highest BCUT2D eigenvalue weighted by Crippen LogP contribution is 2.34. The van der Waals surface area contributed by atoms with Crippen LogP contribution in [0, 0.1) is 17.8 Å². The van der Waals surface area contributed by atoms with Crippen LogP contribution in [-0.2, 0) is 9.53 Å². The average Bonchev–Trinajstić information content (AvgIpc) is 2.75. The first-order valence-electron chi connectivity index (χ1n) is 11.0. The number of nitrogens with zero attached hydrogens (tertiary/aromatic N) is 4. The fourth-order valence-electron chi connectivity index (χ4n) is 4.80. The zero-order valence-electron chi connectivity index (χ0n) is 18.9. The molecule has 3 rings (SSSR count). The van der Waals surface area contributed by atoms with Crippen LogP contribution in [0.15, 0.2) is 29.9 Å². The number of likely N-dealkylation sites (tertiary alicyclic amines) is 2. The summed E-state index contributed by atoms with van der Waals surface area (Å²) in [5.41, 5.74) is 2.69. The van der Waals surface area contributed by atoms with Gasteiger partial charge in [-0.3, -0.25) is 14.8 Å². The van der Waals surface area contributed by atoms with E-state index in [9.17, 15) is 4.79 Å². The fourth-order valence-corrected chi connectivity index (χ4v) is 4.80. The predicted molar refractivity (Wildman–Crippen MR) is 121 cm³/mol. The highest BCUT2D eigenvalue weighted by molar-refractivity contribution is 5.97. The number of ether oxygens (including phenoxy) is 1. The van der Waals surface area contributed by atoms with Crippen LogP contribution in [0.4, 0.5) is 0 Å². The lowest BCUT2D eigenvalue weighted by Gasteiger charge is -2.39. The maximum atomic E-state index is 13.1. The largest absolute Gasteiger partial charge is 0.480 e. The number of aromatic nitrogens is 1. The summed E-state index contributed by atoms with van der Waals surface area (Å²) in [7, 11) is 5.47. The molecule has 0 unspecified atom stereocenters. The van der Waals surface area contributed by atoms with Gasteiger partial charge in [0.25, 0.3) is 0 Å². The standard InChI is InChI=1S/C24H36N4O2/c1-17-13-20(18(2)21-7-6-10-26-23(21)24(25-3)30-5)16-28(15-17)22(29)14-19-8-11-27(4)12-9-19/h6-7,10,17,19-20H,2,8-9,11-16H2,1,3-5H3/b25-24+/t17-,20+/m1/s1. The fraction of sp³-hybridized carbons (Fsp3) is 0.625. The molecule has 1 aromatic heterocycles. The summed E-state index contributed by atoms with van der Waals surface area (Å²) >= 11 is 0. The lowest BCUT2D eigenvalue weighted by Crippen LogP contribution is -2.44. The molecule has 2 aliphatic rings. The zero-order chi connectivity index (χ0) is 21.7. The molecule has 0 aromatic carbocycles. The number of hydrogen-bond donors (Lipinski definition) is 0. The van der Waals surface area contributed by atoms with E-state index in [1.165, 1.54) is 0 Å². The van der Waals surface area contributed by atoms with E-state index in [1.54, 1.807) is 20.4 Å². The molecule has 0 spiro atoms. The Morgan fingerprint density at radius 1 is 1.33 bits per heavy atom. The van der Waals surface area contributed by atoms with Crippen molar-refractivity contribution >= 4 is 17.4 Å². The summed E-state index contributed by atoms with van der Waals surface area (Å²) in [5.74, 6) is 1.98. The second kappa shape index (κ2) is 10.2. The third-order valence-corrected chi connectivity index (χ3v) is 6.56. The Kier molecular flexibility index (Phi) is 7.64. The summed E-state index contributed by atoms with van der Waals surface area (Å²) in [5, 5.41) is 0. The van der Waals surface area contributed by atoms with Gasteiger partial charge in [-0.05, 0) is 62.9 Å². The van der Waals surface area contributed by atoms with E-state index in [4.69, 9.17) is 4.74 Å². The molecule has 0 bridgehead atoms. The molecule has 0 N–H and O–H groups in total. The van der Waals surface area contributed by atoms with Crippen LogP contribution in [0.1, 0.15) is 43.9 Å². The van der Waals surface area contributed by atoms with E-state index >= 15 is 0 Å². The van der Waals surface area contributed by atoms with Crippen molar-refractivity contribution in [1.29, 1.82) is 0 Å². The van der Waals surface area contributed by atoms with Crippen LogP contribution in [-0.4, -0.2) is 74.0 Å². The van der Waals surface area contributed by atoms with Gasteiger partial charge < -0.3 is 14.5 Å². The summed E-state index contributed by atoms with van der Waals surface area (Å²) in [4.78, 5) is 26.2. The summed E-state index contributed by atoms with van der Waals surface area (Å²) < 4.78 is 5.41. The lowest BCUT2D eigenvalue weighted by molar-refractivity contribution is -0.134. The summed E-state index contributed by atoms with van der Waals surface area (Å²) in [6.07, 6.45) is 5.69. The van der Waals surface area contributed by atoms with Gasteiger partial charge in [0.05, 0.1) is 7.11 Å². The van der Waals surface area contributed by atoms with E-state index < -0.39 is 0 Å². The number of carbonyl (C=O) groups is 1. The molecule has 2 atom stereocenters. The van der Waals surface area contributed by atoms with Crippen LogP contribution in [0.3, 0.4) is 0 Å². The molecule has 164 valence electrons. The molecular formula is C24H36N4O2. The third-order valence-electron chi connectivity index (χ3n) is 6.56. The second-order valence-electron chi connectivity index (χ2n) is 8.94. The van der Waals surface area contributed by atoms with Crippen molar-refractivity contribution in [3.05, 3.63) is 36.2 Å². The van der Waals surface area contributed by atoms with Crippen LogP contribution < -0.4 is 0 Å². The van der Waals surface area contributed by atoms with Gasteiger partial charge in [-0.2, -0.15) is 0 Å². The number of aliphatic imine (C=N–C) groups is 1. The number of amides is 1. The van der Waals surface area contributed by atoms with Gasteiger partial charge >= 0.3 is 0 Å². The quantitative estimate of drug-likeness (QED) is 0.550. The maximum Gasteiger partial charge on any atom is 0.235 e. The van der Waals surface area contributed by atoms with E-state index in [-0.39, 0.29) is 5.92 Å². The van der Waals surface area contributed by atoms with Gasteiger partial charge in [0.1, 0.15) is 5.69 Å². The molecule has 2 aliphatic heterocycles. The summed E-state index contributed by atoms with van der Waals surface area (Å²) in [6.45, 7) is 10.4. The minimum atomic E-state index is 0.216. The van der Waals surface area contributed by atoms with E-state index in [2.05, 4.69) is 40.3 Å². The van der Waals surface area contributed by atoms with Crippen LogP contribution >= 0.6 is 0 Å². The van der Waals surface area contributed by atoms with Gasteiger partial charge in [0.15, 0.2) is 0 Å². The van der Waals surface area contributed by atoms with E-state index in [0.29, 0.717) is 30.1 Å². The Bertz CT molecular complexity index is 783. The molecule has 30 heavy (non-hydrogen) atoms. The Morgan fingerprint density at radius 3 is 2.73 bits per heavy atom. The monoisotopic (exact) mass is 412 g/mol. The molecular weight excluding hydrogens is 376 g/mol. The highest BCUT2D eigenvalue weighted by atomic mass is 16.5. The molecule has 1 amide bonds. The molecule has 3 heterocycles. The van der Waals surface area contributed by atoms with Gasteiger partial charge in [-0.15, -0.1) is 0 Å². The van der Waals surface area contributed by atoms with Crippen LogP contribution in [0.2, 0.25) is 0 Å². The number of carbonyl (C=O) groups excluding carboxylic acids is 1. The van der Waals surface area contributed by atoms with Crippen molar-refractivity contribution in [1.82, 2.24) is 14.8 Å². The minimum Gasteiger partial charge on any atom is -0.480 e. The number of methoxy groups -OCH3 is 1. The van der Waals surface area contributed by atoms with Crippen molar-refractivity contribution in [2.45, 2.75) is 32.6 Å². The topological polar surface area (TPSA) is 58.0 Å². The van der Waals surface area contributed by atoms with Crippen molar-refractivity contribution in [2.24, 2.45) is 22.7 Å². The van der Waals surface area contributed by atoms with Crippen molar-refractivity contribution in [3.63, 3.8) is 0 Å². The second-order valence-corrected chi connectivity index (χ2v) is 8.94. The molecule has 1 aromatic rings. The van der Waals surface area contributed by atoms with Crippen molar-refractivity contribution < 1.29 is 9.53 Å². The molecule has 2 saturated heterocycles. The third kappa shape index (κ3) is 5.28. The lowest BCUT2D eigenvalue weighted by atomic mass is 9.82. The van der Waals surface area contributed by atoms with Gasteiger partial charge in [0, 0.05) is 44.2 Å². The number of hydrogen-bond acceptors (Lipinski definition) is 5. The smallest absolute Gasteiger partial charge is 0.235 e. The average molecular weight is 413 g/mol. The molecule has 6 heteroatoms. The Labute approximate surface area is 181 Å². The maximum absolute atomic E-state index is 13.1. The SMILES string of the molecule is C=C(c1cccnc1/C(=N\C)OC)[C@H]1C[C@@H](C)CN(C(=O)CC2CCN(C)CC2)C1. The van der Waals surface area contributed by atoms with E-state index in [1.807, 2.05) is 12.1 Å². The van der Waals surface area contributed by atoms with Crippen LogP contribution in [0.5, 0.6) is 0 Å². The first-order chi connectivity index (χ1) is 14.4. The minimum absolute atomic E-state index is 0.216. The molecule has 2 fully saturated rings. The summed E-state index contributed by atoms with van der Waals surface area (Å²) in [6, 6.07) is 3.95. The zero-order valence-corrected chi connectivity index (χ0v) is 18.9. The van der Waals surface area contributed by atoms with Gasteiger partial charge in [0.2, 0.25) is 11.8 Å². The normalized spacial score (nSPS) is 24.0. The molecule has 0 radical (unpaired) electrons. The Balaban J connectivity index is 1.71. The Morgan fingerprint density at radius 2 is 2.07 bits per heavy atom.